The molecule has 2 fully saturated rings. The third-order valence-corrected chi connectivity index (χ3v) is 5.54. The number of rotatable bonds is 4. The van der Waals surface area contributed by atoms with Crippen LogP contribution in [0.3, 0.4) is 0 Å². The summed E-state index contributed by atoms with van der Waals surface area (Å²) in [6.45, 7) is 4.72. The molecular formula is C19H28FN3O. The average Bonchev–Trinajstić information content (AvgIpc) is 3.09. The average molecular weight is 333 g/mol. The summed E-state index contributed by atoms with van der Waals surface area (Å²) < 4.78 is 13.3. The van der Waals surface area contributed by atoms with Gasteiger partial charge in [-0.15, -0.1) is 0 Å². The van der Waals surface area contributed by atoms with E-state index in [1.807, 2.05) is 12.1 Å². The van der Waals surface area contributed by atoms with Gasteiger partial charge in [-0.05, 0) is 31.4 Å². The molecule has 0 bridgehead atoms. The maximum absolute atomic E-state index is 13.3. The van der Waals surface area contributed by atoms with Crippen molar-refractivity contribution in [2.24, 2.45) is 5.92 Å². The Hall–Kier alpha value is -1.62. The highest BCUT2D eigenvalue weighted by Gasteiger charge is 2.33. The van der Waals surface area contributed by atoms with E-state index >= 15 is 0 Å². The largest absolute Gasteiger partial charge is 0.398 e. The van der Waals surface area contributed by atoms with Crippen molar-refractivity contribution >= 4 is 11.6 Å². The van der Waals surface area contributed by atoms with Gasteiger partial charge in [0.05, 0.1) is 0 Å². The summed E-state index contributed by atoms with van der Waals surface area (Å²) in [4.78, 5) is 17.0. The van der Waals surface area contributed by atoms with Crippen molar-refractivity contribution in [3.8, 4) is 0 Å². The van der Waals surface area contributed by atoms with Gasteiger partial charge in [0.25, 0.3) is 0 Å². The highest BCUT2D eigenvalue weighted by Crippen LogP contribution is 2.28. The normalized spacial score (nSPS) is 22.9. The molecule has 2 N–H and O–H groups in total. The zero-order valence-electron chi connectivity index (χ0n) is 14.5. The summed E-state index contributed by atoms with van der Waals surface area (Å²) in [6, 6.07) is 5.79. The Labute approximate surface area is 143 Å². The lowest BCUT2D eigenvalue weighted by atomic mass is 10.0. The first-order chi connectivity index (χ1) is 11.6. The molecule has 1 saturated heterocycles. The van der Waals surface area contributed by atoms with Crippen molar-refractivity contribution in [3.63, 3.8) is 0 Å². The minimum atomic E-state index is -0.530. The highest BCUT2D eigenvalue weighted by molar-refractivity contribution is 5.79. The van der Waals surface area contributed by atoms with Gasteiger partial charge in [-0.1, -0.05) is 25.0 Å². The molecule has 1 heterocycles. The lowest BCUT2D eigenvalue weighted by Gasteiger charge is -2.41. The number of hydrogen-bond acceptors (Lipinski definition) is 3. The number of nitrogens with zero attached hydrogens (tertiary/aromatic N) is 2. The maximum atomic E-state index is 13.3. The predicted octanol–water partition coefficient (Wildman–Crippen LogP) is 2.96. The molecule has 0 spiro atoms. The highest BCUT2D eigenvalue weighted by atomic mass is 19.1. The van der Waals surface area contributed by atoms with Crippen LogP contribution in [0.5, 0.6) is 0 Å². The number of carbonyl (C=O) groups is 1. The van der Waals surface area contributed by atoms with Gasteiger partial charge in [-0.2, -0.15) is 0 Å². The Balaban J connectivity index is 1.61. The Morgan fingerprint density at radius 3 is 2.71 bits per heavy atom. The van der Waals surface area contributed by atoms with Gasteiger partial charge < -0.3 is 10.6 Å². The molecule has 4 nitrogen and oxygen atoms in total. The second-order valence-corrected chi connectivity index (χ2v) is 7.22. The molecule has 1 aliphatic heterocycles. The molecular weight excluding hydrogens is 305 g/mol. The first-order valence-corrected chi connectivity index (χ1v) is 9.05. The molecule has 1 atom stereocenters. The second-order valence-electron chi connectivity index (χ2n) is 7.22. The summed E-state index contributed by atoms with van der Waals surface area (Å²) in [5, 5.41) is 0. The molecule has 0 aromatic heterocycles. The maximum Gasteiger partial charge on any atom is 0.226 e. The van der Waals surface area contributed by atoms with Crippen LogP contribution in [0.1, 0.15) is 43.7 Å². The van der Waals surface area contributed by atoms with E-state index in [9.17, 15) is 9.18 Å². The van der Waals surface area contributed by atoms with Crippen LogP contribution in [-0.2, 0) is 18.0 Å². The number of halogens is 1. The molecule has 3 rings (SSSR count). The number of piperazine rings is 1. The molecule has 1 amide bonds. The second kappa shape index (κ2) is 7.51. The molecule has 24 heavy (non-hydrogen) atoms. The van der Waals surface area contributed by atoms with Crippen molar-refractivity contribution in [3.05, 3.63) is 29.3 Å². The number of anilines is 1. The monoisotopic (exact) mass is 333 g/mol. The van der Waals surface area contributed by atoms with Crippen molar-refractivity contribution in [1.29, 1.82) is 0 Å². The molecule has 1 saturated carbocycles. The minimum Gasteiger partial charge on any atom is -0.398 e. The van der Waals surface area contributed by atoms with Crippen LogP contribution in [0.15, 0.2) is 18.2 Å². The van der Waals surface area contributed by atoms with Crippen LogP contribution in [0, 0.1) is 5.92 Å². The van der Waals surface area contributed by atoms with Crippen LogP contribution in [-0.4, -0.2) is 41.4 Å². The fraction of sp³-hybridized carbons (Fsp3) is 0.632. The third kappa shape index (κ3) is 3.56. The van der Waals surface area contributed by atoms with E-state index in [0.29, 0.717) is 23.7 Å². The lowest BCUT2D eigenvalue weighted by molar-refractivity contribution is -0.140. The zero-order valence-corrected chi connectivity index (χ0v) is 14.5. The van der Waals surface area contributed by atoms with Crippen molar-refractivity contribution in [2.75, 3.05) is 25.4 Å². The summed E-state index contributed by atoms with van der Waals surface area (Å²) in [5.41, 5.74) is 7.98. The van der Waals surface area contributed by atoms with Crippen molar-refractivity contribution in [1.82, 2.24) is 9.80 Å². The Kier molecular flexibility index (Phi) is 5.39. The van der Waals surface area contributed by atoms with Gasteiger partial charge in [0.15, 0.2) is 0 Å². The summed E-state index contributed by atoms with van der Waals surface area (Å²) in [6.07, 6.45) is 4.47. The molecule has 5 heteroatoms. The fourth-order valence-corrected chi connectivity index (χ4v) is 4.12. The molecule has 0 unspecified atom stereocenters. The quantitative estimate of drug-likeness (QED) is 0.862. The SMILES string of the molecule is C[C@H]1CN(Cc2cccc(N)c2CF)CCN1C(=O)C1CCCC1. The molecule has 132 valence electrons. The van der Waals surface area contributed by atoms with E-state index in [2.05, 4.69) is 16.7 Å². The van der Waals surface area contributed by atoms with E-state index in [-0.39, 0.29) is 12.0 Å². The van der Waals surface area contributed by atoms with Gasteiger partial charge in [-0.25, -0.2) is 4.39 Å². The number of benzene rings is 1. The van der Waals surface area contributed by atoms with E-state index in [4.69, 9.17) is 5.73 Å². The standard InChI is InChI=1S/C19H28FN3O/c1-14-12-22(13-16-7-4-8-18(21)17(16)11-20)9-10-23(14)19(24)15-5-2-3-6-15/h4,7-8,14-15H,2-3,5-6,9-13,21H2,1H3/t14-/m0/s1. The zero-order chi connectivity index (χ0) is 17.1. The third-order valence-electron chi connectivity index (χ3n) is 5.54. The van der Waals surface area contributed by atoms with E-state index in [0.717, 1.165) is 38.0 Å². The molecule has 1 aliphatic carbocycles. The van der Waals surface area contributed by atoms with E-state index < -0.39 is 6.67 Å². The van der Waals surface area contributed by atoms with Crippen LogP contribution in [0.2, 0.25) is 0 Å². The van der Waals surface area contributed by atoms with Crippen molar-refractivity contribution in [2.45, 2.75) is 51.9 Å². The smallest absolute Gasteiger partial charge is 0.226 e. The predicted molar refractivity (Wildman–Crippen MR) is 94.1 cm³/mol. The number of nitrogen functional groups attached to an aromatic ring is 1. The Bertz CT molecular complexity index is 586. The van der Waals surface area contributed by atoms with Gasteiger partial charge in [0.2, 0.25) is 5.91 Å². The number of nitrogens with two attached hydrogens (primary N) is 1. The molecule has 2 aliphatic rings. The lowest BCUT2D eigenvalue weighted by Crippen LogP contribution is -2.54. The van der Waals surface area contributed by atoms with E-state index in [1.54, 1.807) is 6.07 Å². The van der Waals surface area contributed by atoms with Crippen molar-refractivity contribution < 1.29 is 9.18 Å². The molecule has 1 aromatic carbocycles. The first kappa shape index (κ1) is 17.2. The minimum absolute atomic E-state index is 0.210. The Morgan fingerprint density at radius 1 is 1.29 bits per heavy atom. The summed E-state index contributed by atoms with van der Waals surface area (Å²) in [5.74, 6) is 0.583. The van der Waals surface area contributed by atoms with Gasteiger partial charge in [0.1, 0.15) is 6.67 Å². The van der Waals surface area contributed by atoms with E-state index in [1.165, 1.54) is 12.8 Å². The van der Waals surface area contributed by atoms with Crippen LogP contribution in [0.4, 0.5) is 10.1 Å². The fourth-order valence-electron chi connectivity index (χ4n) is 4.12. The van der Waals surface area contributed by atoms with Crippen LogP contribution < -0.4 is 5.73 Å². The van der Waals surface area contributed by atoms with Crippen LogP contribution in [0.25, 0.3) is 0 Å². The Morgan fingerprint density at radius 2 is 2.04 bits per heavy atom. The van der Waals surface area contributed by atoms with Gasteiger partial charge in [0, 0.05) is 49.4 Å². The number of hydrogen-bond donors (Lipinski definition) is 1. The van der Waals surface area contributed by atoms with Gasteiger partial charge in [-0.3, -0.25) is 9.69 Å². The number of alkyl halides is 1. The topological polar surface area (TPSA) is 49.6 Å². The van der Waals surface area contributed by atoms with Gasteiger partial charge >= 0.3 is 0 Å². The summed E-state index contributed by atoms with van der Waals surface area (Å²) >= 11 is 0. The number of carbonyl (C=O) groups excluding carboxylic acids is 1. The molecule has 1 aromatic rings. The van der Waals surface area contributed by atoms with Crippen LogP contribution >= 0.6 is 0 Å². The molecule has 0 radical (unpaired) electrons. The first-order valence-electron chi connectivity index (χ1n) is 9.05. The number of amides is 1. The summed E-state index contributed by atoms with van der Waals surface area (Å²) in [7, 11) is 0.